The molecule has 5 heteroatoms. The van der Waals surface area contributed by atoms with Crippen molar-refractivity contribution in [3.63, 3.8) is 0 Å². The maximum Gasteiger partial charge on any atom is 0.127 e. The van der Waals surface area contributed by atoms with Crippen LogP contribution in [0.3, 0.4) is 0 Å². The molecular formula is C16H13ClFN3. The summed E-state index contributed by atoms with van der Waals surface area (Å²) in [6.45, 7) is 1.93. The van der Waals surface area contributed by atoms with Gasteiger partial charge in [0.05, 0.1) is 11.4 Å². The van der Waals surface area contributed by atoms with Gasteiger partial charge in [-0.2, -0.15) is 5.10 Å². The Kier molecular flexibility index (Phi) is 3.39. The molecule has 3 aromatic rings. The van der Waals surface area contributed by atoms with E-state index in [0.717, 1.165) is 11.3 Å². The van der Waals surface area contributed by atoms with Gasteiger partial charge in [0.25, 0.3) is 0 Å². The first-order valence-corrected chi connectivity index (χ1v) is 6.80. The highest BCUT2D eigenvalue weighted by molar-refractivity contribution is 6.31. The Labute approximate surface area is 126 Å². The predicted molar refractivity (Wildman–Crippen MR) is 83.1 cm³/mol. The molecule has 0 radical (unpaired) electrons. The average Bonchev–Trinajstić information content (AvgIpc) is 2.84. The van der Waals surface area contributed by atoms with Crippen molar-refractivity contribution in [1.29, 1.82) is 0 Å². The lowest BCUT2D eigenvalue weighted by Gasteiger charge is -2.05. The number of halogens is 2. The summed E-state index contributed by atoms with van der Waals surface area (Å²) in [6, 6.07) is 13.6. The van der Waals surface area contributed by atoms with E-state index in [2.05, 4.69) is 5.10 Å². The van der Waals surface area contributed by atoms with Crippen LogP contribution in [0.25, 0.3) is 16.9 Å². The fourth-order valence-electron chi connectivity index (χ4n) is 2.10. The van der Waals surface area contributed by atoms with Crippen LogP contribution in [-0.2, 0) is 0 Å². The van der Waals surface area contributed by atoms with Gasteiger partial charge in [-0.1, -0.05) is 29.8 Å². The van der Waals surface area contributed by atoms with Crippen molar-refractivity contribution in [2.24, 2.45) is 0 Å². The number of benzene rings is 2. The zero-order valence-electron chi connectivity index (χ0n) is 11.3. The minimum atomic E-state index is -0.306. The summed E-state index contributed by atoms with van der Waals surface area (Å²) < 4.78 is 14.9. The van der Waals surface area contributed by atoms with Crippen LogP contribution in [0.15, 0.2) is 48.5 Å². The highest BCUT2D eigenvalue weighted by Crippen LogP contribution is 2.25. The molecule has 1 aromatic heterocycles. The van der Waals surface area contributed by atoms with E-state index in [0.29, 0.717) is 22.1 Å². The summed E-state index contributed by atoms with van der Waals surface area (Å²) in [5.41, 5.74) is 9.05. The second-order valence-electron chi connectivity index (χ2n) is 4.81. The first-order chi connectivity index (χ1) is 10.0. The molecule has 0 bridgehead atoms. The van der Waals surface area contributed by atoms with Crippen LogP contribution >= 0.6 is 11.6 Å². The first-order valence-electron chi connectivity index (χ1n) is 6.42. The van der Waals surface area contributed by atoms with Crippen molar-refractivity contribution in [2.45, 2.75) is 6.92 Å². The van der Waals surface area contributed by atoms with Crippen molar-refractivity contribution in [3.8, 4) is 16.9 Å². The molecule has 0 aliphatic heterocycles. The summed E-state index contributed by atoms with van der Waals surface area (Å²) in [6.07, 6.45) is 0. The Hall–Kier alpha value is -2.33. The molecule has 0 unspecified atom stereocenters. The molecule has 0 aliphatic carbocycles. The SMILES string of the molecule is Cc1ccc(-n2nc(-c3cccc(F)c3)cc2N)cc1Cl. The fraction of sp³-hybridized carbons (Fsp3) is 0.0625. The number of nitrogen functional groups attached to an aromatic ring is 1. The molecule has 2 aromatic carbocycles. The van der Waals surface area contributed by atoms with Crippen LogP contribution < -0.4 is 5.73 Å². The van der Waals surface area contributed by atoms with E-state index in [9.17, 15) is 4.39 Å². The minimum absolute atomic E-state index is 0.306. The van der Waals surface area contributed by atoms with Gasteiger partial charge >= 0.3 is 0 Å². The van der Waals surface area contributed by atoms with Gasteiger partial charge in [0.1, 0.15) is 11.6 Å². The highest BCUT2D eigenvalue weighted by atomic mass is 35.5. The molecule has 0 saturated carbocycles. The van der Waals surface area contributed by atoms with E-state index in [1.807, 2.05) is 19.1 Å². The second-order valence-corrected chi connectivity index (χ2v) is 5.22. The summed E-state index contributed by atoms with van der Waals surface area (Å²) in [5.74, 6) is 0.160. The minimum Gasteiger partial charge on any atom is -0.384 e. The van der Waals surface area contributed by atoms with Gasteiger partial charge in [-0.15, -0.1) is 0 Å². The highest BCUT2D eigenvalue weighted by Gasteiger charge is 2.10. The van der Waals surface area contributed by atoms with E-state index < -0.39 is 0 Å². The summed E-state index contributed by atoms with van der Waals surface area (Å²) in [7, 11) is 0. The number of aryl methyl sites for hydroxylation is 1. The molecule has 21 heavy (non-hydrogen) atoms. The molecule has 0 spiro atoms. The second kappa shape index (κ2) is 5.22. The van der Waals surface area contributed by atoms with Crippen LogP contribution in [0.5, 0.6) is 0 Å². The number of nitrogens with zero attached hydrogens (tertiary/aromatic N) is 2. The zero-order valence-corrected chi connectivity index (χ0v) is 12.1. The number of hydrogen-bond acceptors (Lipinski definition) is 2. The molecule has 0 atom stereocenters. The van der Waals surface area contributed by atoms with Gasteiger partial charge in [-0.3, -0.25) is 0 Å². The number of anilines is 1. The predicted octanol–water partition coefficient (Wildman–Crippen LogP) is 4.22. The maximum atomic E-state index is 13.3. The standard InChI is InChI=1S/C16H13ClFN3/c1-10-5-6-13(8-14(10)17)21-16(19)9-15(20-21)11-3-2-4-12(18)7-11/h2-9H,19H2,1H3. The molecule has 0 saturated heterocycles. The number of aromatic nitrogens is 2. The van der Waals surface area contributed by atoms with Crippen molar-refractivity contribution in [1.82, 2.24) is 9.78 Å². The van der Waals surface area contributed by atoms with E-state index in [-0.39, 0.29) is 5.82 Å². The third-order valence-corrected chi connectivity index (χ3v) is 3.66. The lowest BCUT2D eigenvalue weighted by Crippen LogP contribution is -2.01. The Bertz CT molecular complexity index is 811. The van der Waals surface area contributed by atoms with Crippen LogP contribution in [0, 0.1) is 12.7 Å². The van der Waals surface area contributed by atoms with Crippen LogP contribution in [-0.4, -0.2) is 9.78 Å². The molecule has 0 aliphatic rings. The summed E-state index contributed by atoms with van der Waals surface area (Å²) >= 11 is 6.13. The largest absolute Gasteiger partial charge is 0.384 e. The van der Waals surface area contributed by atoms with Crippen LogP contribution in [0.2, 0.25) is 5.02 Å². The van der Waals surface area contributed by atoms with Gasteiger partial charge in [0, 0.05) is 16.7 Å². The van der Waals surface area contributed by atoms with E-state index in [1.165, 1.54) is 12.1 Å². The zero-order chi connectivity index (χ0) is 15.0. The molecular weight excluding hydrogens is 289 g/mol. The molecule has 0 fully saturated rings. The third kappa shape index (κ3) is 2.62. The van der Waals surface area contributed by atoms with E-state index in [1.54, 1.807) is 28.9 Å². The quantitative estimate of drug-likeness (QED) is 0.770. The summed E-state index contributed by atoms with van der Waals surface area (Å²) in [4.78, 5) is 0. The number of rotatable bonds is 2. The lowest BCUT2D eigenvalue weighted by molar-refractivity contribution is 0.628. The normalized spacial score (nSPS) is 10.8. The first kappa shape index (κ1) is 13.6. The molecule has 1 heterocycles. The number of hydrogen-bond donors (Lipinski definition) is 1. The van der Waals surface area contributed by atoms with Gasteiger partial charge in [0.2, 0.25) is 0 Å². The van der Waals surface area contributed by atoms with Crippen LogP contribution in [0.4, 0.5) is 10.2 Å². The molecule has 0 amide bonds. The monoisotopic (exact) mass is 301 g/mol. The fourth-order valence-corrected chi connectivity index (χ4v) is 2.28. The smallest absolute Gasteiger partial charge is 0.127 e. The third-order valence-electron chi connectivity index (χ3n) is 3.26. The molecule has 106 valence electrons. The molecule has 3 nitrogen and oxygen atoms in total. The van der Waals surface area contributed by atoms with Crippen molar-refractivity contribution >= 4 is 17.4 Å². The Morgan fingerprint density at radius 3 is 2.67 bits per heavy atom. The van der Waals surface area contributed by atoms with E-state index in [4.69, 9.17) is 17.3 Å². The van der Waals surface area contributed by atoms with Crippen LogP contribution in [0.1, 0.15) is 5.56 Å². The van der Waals surface area contributed by atoms with E-state index >= 15 is 0 Å². The Balaban J connectivity index is 2.07. The van der Waals surface area contributed by atoms with Crippen molar-refractivity contribution < 1.29 is 4.39 Å². The Morgan fingerprint density at radius 2 is 1.95 bits per heavy atom. The molecule has 3 rings (SSSR count). The van der Waals surface area contributed by atoms with Gasteiger partial charge in [-0.05, 0) is 36.8 Å². The topological polar surface area (TPSA) is 43.8 Å². The Morgan fingerprint density at radius 1 is 1.14 bits per heavy atom. The van der Waals surface area contributed by atoms with Gasteiger partial charge < -0.3 is 5.73 Å². The van der Waals surface area contributed by atoms with Crippen molar-refractivity contribution in [2.75, 3.05) is 5.73 Å². The number of nitrogens with two attached hydrogens (primary N) is 1. The van der Waals surface area contributed by atoms with Gasteiger partial charge in [-0.25, -0.2) is 9.07 Å². The lowest BCUT2D eigenvalue weighted by atomic mass is 10.1. The molecule has 2 N–H and O–H groups in total. The van der Waals surface area contributed by atoms with Gasteiger partial charge in [0.15, 0.2) is 0 Å². The maximum absolute atomic E-state index is 13.3. The average molecular weight is 302 g/mol. The van der Waals surface area contributed by atoms with Crippen molar-refractivity contribution in [3.05, 3.63) is 64.9 Å². The summed E-state index contributed by atoms with van der Waals surface area (Å²) in [5, 5.41) is 5.08.